The number of hydrogen-bond donors (Lipinski definition) is 1. The molecule has 0 radical (unpaired) electrons. The number of hydrogen-bond acceptors (Lipinski definition) is 5. The molecule has 1 aliphatic heterocycles. The van der Waals surface area contributed by atoms with Gasteiger partial charge in [-0.2, -0.15) is 18.4 Å². The van der Waals surface area contributed by atoms with E-state index in [0.29, 0.717) is 11.3 Å². The van der Waals surface area contributed by atoms with Crippen LogP contribution in [0.3, 0.4) is 0 Å². The molecule has 7 nitrogen and oxygen atoms in total. The van der Waals surface area contributed by atoms with Gasteiger partial charge in [0.1, 0.15) is 11.8 Å². The summed E-state index contributed by atoms with van der Waals surface area (Å²) in [6.07, 6.45) is -4.70. The Labute approximate surface area is 176 Å². The average Bonchev–Trinajstić information content (AvgIpc) is 2.77. The Kier molecular flexibility index (Phi) is 6.06. The van der Waals surface area contributed by atoms with Gasteiger partial charge in [-0.1, -0.05) is 6.07 Å². The van der Waals surface area contributed by atoms with E-state index in [9.17, 15) is 22.8 Å². The van der Waals surface area contributed by atoms with Gasteiger partial charge < -0.3 is 20.3 Å². The van der Waals surface area contributed by atoms with E-state index in [1.807, 2.05) is 0 Å². The summed E-state index contributed by atoms with van der Waals surface area (Å²) in [4.78, 5) is 27.9. The standard InChI is InChI=1S/C21H19F3N4O3/c1-31-16-4-2-3-13(9-16)20(30)28-8-7-27(12-18(28)19(26)29)15-6-5-14(11-25)17(10-15)21(22,23)24/h2-6,9-10,18H,7-8,12H2,1H3,(H2,26,29). The number of nitrogens with two attached hydrogens (primary N) is 1. The Morgan fingerprint density at radius 1 is 1.19 bits per heavy atom. The number of carbonyl (C=O) groups is 2. The molecule has 1 saturated heterocycles. The molecule has 1 atom stereocenters. The summed E-state index contributed by atoms with van der Waals surface area (Å²) in [6.45, 7) is 0.182. The van der Waals surface area contributed by atoms with Crippen LogP contribution in [0.2, 0.25) is 0 Å². The second-order valence-corrected chi connectivity index (χ2v) is 6.93. The van der Waals surface area contributed by atoms with Crippen molar-refractivity contribution >= 4 is 17.5 Å². The first-order valence-electron chi connectivity index (χ1n) is 9.26. The molecule has 0 saturated carbocycles. The van der Waals surface area contributed by atoms with E-state index in [-0.39, 0.29) is 25.3 Å². The van der Waals surface area contributed by atoms with Crippen molar-refractivity contribution in [2.24, 2.45) is 5.73 Å². The number of nitriles is 1. The van der Waals surface area contributed by atoms with Crippen molar-refractivity contribution in [2.45, 2.75) is 12.2 Å². The Bertz CT molecular complexity index is 1050. The van der Waals surface area contributed by atoms with Gasteiger partial charge in [0.05, 0.1) is 24.3 Å². The van der Waals surface area contributed by atoms with Gasteiger partial charge in [-0.3, -0.25) is 9.59 Å². The molecule has 2 N–H and O–H groups in total. The van der Waals surface area contributed by atoms with Gasteiger partial charge >= 0.3 is 6.18 Å². The zero-order valence-corrected chi connectivity index (χ0v) is 16.5. The summed E-state index contributed by atoms with van der Waals surface area (Å²) in [5.74, 6) is -0.735. The highest BCUT2D eigenvalue weighted by atomic mass is 19.4. The average molecular weight is 432 g/mol. The zero-order valence-electron chi connectivity index (χ0n) is 16.5. The number of nitrogens with zero attached hydrogens (tertiary/aromatic N) is 3. The van der Waals surface area contributed by atoms with E-state index in [1.165, 1.54) is 30.2 Å². The van der Waals surface area contributed by atoms with E-state index in [0.717, 1.165) is 12.1 Å². The first-order valence-corrected chi connectivity index (χ1v) is 9.26. The van der Waals surface area contributed by atoms with Crippen LogP contribution in [0, 0.1) is 11.3 Å². The topological polar surface area (TPSA) is 99.7 Å². The molecule has 10 heteroatoms. The van der Waals surface area contributed by atoms with Crippen LogP contribution in [0.1, 0.15) is 21.5 Å². The number of anilines is 1. The number of benzene rings is 2. The maximum atomic E-state index is 13.3. The maximum absolute atomic E-state index is 13.3. The van der Waals surface area contributed by atoms with Crippen molar-refractivity contribution in [2.75, 3.05) is 31.6 Å². The number of alkyl halides is 3. The van der Waals surface area contributed by atoms with Crippen LogP contribution in [-0.2, 0) is 11.0 Å². The number of amides is 2. The quantitative estimate of drug-likeness (QED) is 0.800. The zero-order chi connectivity index (χ0) is 22.8. The molecule has 2 amide bonds. The number of carbonyl (C=O) groups excluding carboxylic acids is 2. The van der Waals surface area contributed by atoms with E-state index in [1.54, 1.807) is 23.1 Å². The highest BCUT2D eigenvalue weighted by Crippen LogP contribution is 2.35. The molecule has 1 fully saturated rings. The van der Waals surface area contributed by atoms with Gasteiger partial charge in [0, 0.05) is 30.9 Å². The van der Waals surface area contributed by atoms with Crippen LogP contribution >= 0.6 is 0 Å². The SMILES string of the molecule is COc1cccc(C(=O)N2CCN(c3ccc(C#N)c(C(F)(F)F)c3)CC2C(N)=O)c1. The molecule has 162 valence electrons. The van der Waals surface area contributed by atoms with Crippen molar-refractivity contribution < 1.29 is 27.5 Å². The second-order valence-electron chi connectivity index (χ2n) is 6.93. The summed E-state index contributed by atoms with van der Waals surface area (Å²) in [5.41, 5.74) is 4.45. The largest absolute Gasteiger partial charge is 0.497 e. The lowest BCUT2D eigenvalue weighted by Crippen LogP contribution is -2.60. The highest BCUT2D eigenvalue weighted by Gasteiger charge is 2.37. The molecule has 1 aliphatic rings. The van der Waals surface area contributed by atoms with Gasteiger partial charge in [-0.25, -0.2) is 0 Å². The smallest absolute Gasteiger partial charge is 0.417 e. The first kappa shape index (κ1) is 22.0. The summed E-state index contributed by atoms with van der Waals surface area (Å²) in [6, 6.07) is 10.2. The van der Waals surface area contributed by atoms with E-state index in [2.05, 4.69) is 0 Å². The molecular formula is C21H19F3N4O3. The van der Waals surface area contributed by atoms with Crippen LogP contribution in [0.4, 0.5) is 18.9 Å². The van der Waals surface area contributed by atoms with Crippen molar-refractivity contribution in [1.29, 1.82) is 5.26 Å². The lowest BCUT2D eigenvalue weighted by Gasteiger charge is -2.41. The van der Waals surface area contributed by atoms with Crippen LogP contribution in [0.25, 0.3) is 0 Å². The van der Waals surface area contributed by atoms with Crippen molar-refractivity contribution in [3.63, 3.8) is 0 Å². The Morgan fingerprint density at radius 3 is 2.55 bits per heavy atom. The van der Waals surface area contributed by atoms with Crippen molar-refractivity contribution in [3.8, 4) is 11.8 Å². The van der Waals surface area contributed by atoms with Crippen LogP contribution in [-0.4, -0.2) is 49.5 Å². The van der Waals surface area contributed by atoms with E-state index < -0.39 is 35.2 Å². The van der Waals surface area contributed by atoms with Gasteiger partial charge in [-0.05, 0) is 36.4 Å². The highest BCUT2D eigenvalue weighted by molar-refractivity contribution is 5.98. The van der Waals surface area contributed by atoms with E-state index in [4.69, 9.17) is 15.7 Å². The minimum absolute atomic E-state index is 0.0744. The van der Waals surface area contributed by atoms with Crippen LogP contribution in [0.15, 0.2) is 42.5 Å². The van der Waals surface area contributed by atoms with Gasteiger partial charge in [-0.15, -0.1) is 0 Å². The summed E-state index contributed by atoms with van der Waals surface area (Å²) in [5, 5.41) is 8.96. The summed E-state index contributed by atoms with van der Waals surface area (Å²) < 4.78 is 45.0. The van der Waals surface area contributed by atoms with Crippen LogP contribution < -0.4 is 15.4 Å². The minimum atomic E-state index is -4.70. The molecule has 3 rings (SSSR count). The number of primary amides is 1. The number of halogens is 3. The fourth-order valence-electron chi connectivity index (χ4n) is 3.49. The van der Waals surface area contributed by atoms with Crippen molar-refractivity contribution in [1.82, 2.24) is 4.90 Å². The fraction of sp³-hybridized carbons (Fsp3) is 0.286. The lowest BCUT2D eigenvalue weighted by atomic mass is 10.0. The van der Waals surface area contributed by atoms with E-state index >= 15 is 0 Å². The number of piperazine rings is 1. The Balaban J connectivity index is 1.88. The third-order valence-electron chi connectivity index (χ3n) is 5.08. The van der Waals surface area contributed by atoms with Gasteiger partial charge in [0.2, 0.25) is 5.91 Å². The predicted octanol–water partition coefficient (Wildman–Crippen LogP) is 2.40. The van der Waals surface area contributed by atoms with Crippen LogP contribution in [0.5, 0.6) is 5.75 Å². The van der Waals surface area contributed by atoms with Gasteiger partial charge in [0.15, 0.2) is 0 Å². The Hall–Kier alpha value is -3.74. The maximum Gasteiger partial charge on any atom is 0.417 e. The summed E-state index contributed by atoms with van der Waals surface area (Å²) >= 11 is 0. The molecule has 2 aromatic rings. The fourth-order valence-corrected chi connectivity index (χ4v) is 3.49. The third kappa shape index (κ3) is 4.55. The molecule has 31 heavy (non-hydrogen) atoms. The monoisotopic (exact) mass is 432 g/mol. The molecule has 1 heterocycles. The normalized spacial score (nSPS) is 16.5. The molecule has 0 aliphatic carbocycles. The predicted molar refractivity (Wildman–Crippen MR) is 105 cm³/mol. The number of ether oxygens (including phenoxy) is 1. The third-order valence-corrected chi connectivity index (χ3v) is 5.08. The van der Waals surface area contributed by atoms with Crippen molar-refractivity contribution in [3.05, 3.63) is 59.2 Å². The Morgan fingerprint density at radius 2 is 1.94 bits per heavy atom. The molecule has 0 spiro atoms. The molecule has 1 unspecified atom stereocenters. The molecule has 0 aromatic heterocycles. The number of methoxy groups -OCH3 is 1. The lowest BCUT2D eigenvalue weighted by molar-refractivity contribution is -0.137. The van der Waals surface area contributed by atoms with Gasteiger partial charge in [0.25, 0.3) is 5.91 Å². The minimum Gasteiger partial charge on any atom is -0.497 e. The number of rotatable bonds is 4. The summed E-state index contributed by atoms with van der Waals surface area (Å²) in [7, 11) is 1.46. The first-order chi connectivity index (χ1) is 14.7. The second kappa shape index (κ2) is 8.55. The molecule has 2 aromatic carbocycles. The molecule has 0 bridgehead atoms. The molecular weight excluding hydrogens is 413 g/mol.